The Kier molecular flexibility index (Phi) is 5.84. The molecule has 2 aliphatic heterocycles. The molecule has 3 rings (SSSR count). The summed E-state index contributed by atoms with van der Waals surface area (Å²) in [5.74, 6) is 3.24. The van der Waals surface area contributed by atoms with Gasteiger partial charge in [0.05, 0.1) is 24.9 Å². The molecular formula is C21H27NO6. The highest BCUT2D eigenvalue weighted by atomic mass is 16.5. The molecule has 2 aliphatic rings. The fourth-order valence-corrected chi connectivity index (χ4v) is 3.92. The number of amides is 1. The van der Waals surface area contributed by atoms with Crippen molar-refractivity contribution >= 4 is 5.91 Å². The quantitative estimate of drug-likeness (QED) is 0.753. The first-order valence-electron chi connectivity index (χ1n) is 9.38. The highest BCUT2D eigenvalue weighted by Crippen LogP contribution is 2.40. The van der Waals surface area contributed by atoms with Gasteiger partial charge in [0.25, 0.3) is 5.91 Å². The van der Waals surface area contributed by atoms with Crippen LogP contribution in [0.1, 0.15) is 36.5 Å². The van der Waals surface area contributed by atoms with Gasteiger partial charge in [0.15, 0.2) is 11.5 Å². The van der Waals surface area contributed by atoms with Gasteiger partial charge in [-0.3, -0.25) is 4.79 Å². The molecule has 0 unspecified atom stereocenters. The zero-order valence-corrected chi connectivity index (χ0v) is 16.3. The van der Waals surface area contributed by atoms with E-state index in [-0.39, 0.29) is 19.1 Å². The normalized spacial score (nSPS) is 26.5. The molecule has 0 aliphatic carbocycles. The molecule has 1 amide bonds. The number of benzene rings is 1. The molecule has 2 N–H and O–H groups in total. The van der Waals surface area contributed by atoms with Gasteiger partial charge in [0.2, 0.25) is 0 Å². The maximum Gasteiger partial charge on any atom is 0.253 e. The number of hydrogen-bond donors (Lipinski definition) is 2. The van der Waals surface area contributed by atoms with Crippen LogP contribution in [0.25, 0.3) is 0 Å². The van der Waals surface area contributed by atoms with E-state index in [1.165, 1.54) is 7.11 Å². The van der Waals surface area contributed by atoms with Crippen LogP contribution in [0.5, 0.6) is 11.5 Å². The van der Waals surface area contributed by atoms with E-state index in [1.807, 2.05) is 0 Å². The van der Waals surface area contributed by atoms with Gasteiger partial charge in [-0.2, -0.15) is 0 Å². The Balaban J connectivity index is 1.68. The van der Waals surface area contributed by atoms with Crippen LogP contribution in [0.15, 0.2) is 18.2 Å². The van der Waals surface area contributed by atoms with E-state index in [1.54, 1.807) is 30.0 Å². The highest BCUT2D eigenvalue weighted by molar-refractivity contribution is 5.95. The van der Waals surface area contributed by atoms with Crippen LogP contribution in [0, 0.1) is 12.3 Å². The molecule has 7 nitrogen and oxygen atoms in total. The summed E-state index contributed by atoms with van der Waals surface area (Å²) >= 11 is 0. The Morgan fingerprint density at radius 2 is 2.11 bits per heavy atom. The second-order valence-electron chi connectivity index (χ2n) is 7.69. The molecule has 0 bridgehead atoms. The number of likely N-dealkylation sites (tertiary alicyclic amines) is 1. The van der Waals surface area contributed by atoms with Gasteiger partial charge in [0.1, 0.15) is 12.7 Å². The zero-order chi connectivity index (χ0) is 20.4. The lowest BCUT2D eigenvalue weighted by molar-refractivity contribution is -0.221. The van der Waals surface area contributed by atoms with Crippen LogP contribution in [0.2, 0.25) is 0 Å². The molecule has 1 aromatic carbocycles. The van der Waals surface area contributed by atoms with E-state index in [9.17, 15) is 15.0 Å². The maximum atomic E-state index is 12.9. The lowest BCUT2D eigenvalue weighted by atomic mass is 9.76. The minimum absolute atomic E-state index is 0.0867. The van der Waals surface area contributed by atoms with Gasteiger partial charge < -0.3 is 29.3 Å². The van der Waals surface area contributed by atoms with Crippen LogP contribution < -0.4 is 9.47 Å². The molecule has 0 radical (unpaired) electrons. The number of piperidine rings is 1. The molecule has 1 spiro atoms. The fraction of sp³-hybridized carbons (Fsp3) is 0.571. The van der Waals surface area contributed by atoms with Crippen molar-refractivity contribution in [3.63, 3.8) is 0 Å². The number of methoxy groups -OCH3 is 1. The minimum atomic E-state index is -1.18. The van der Waals surface area contributed by atoms with Gasteiger partial charge in [0, 0.05) is 25.1 Å². The van der Waals surface area contributed by atoms with E-state index >= 15 is 0 Å². The standard InChI is InChI=1S/C21H27NO6/c1-4-11-27-17-12-15(5-6-16(17)26-3)19(24)22-9-7-21(8-10-22)14-20(2,25)18(23)13-28-21/h1,5-6,12,18,23,25H,7-11,13-14H2,2-3H3/t18-,20-/m0/s1. The molecular weight excluding hydrogens is 362 g/mol. The average molecular weight is 389 g/mol. The lowest BCUT2D eigenvalue weighted by Crippen LogP contribution is -2.59. The Bertz CT molecular complexity index is 761. The number of aliphatic hydroxyl groups excluding tert-OH is 1. The first-order valence-corrected chi connectivity index (χ1v) is 9.38. The summed E-state index contributed by atoms with van der Waals surface area (Å²) in [6.45, 7) is 2.85. The summed E-state index contributed by atoms with van der Waals surface area (Å²) in [6.07, 6.45) is 5.93. The van der Waals surface area contributed by atoms with Crippen molar-refractivity contribution in [2.45, 2.75) is 43.5 Å². The van der Waals surface area contributed by atoms with Crippen molar-refractivity contribution < 1.29 is 29.2 Å². The van der Waals surface area contributed by atoms with Crippen LogP contribution in [0.4, 0.5) is 0 Å². The smallest absolute Gasteiger partial charge is 0.253 e. The third-order valence-electron chi connectivity index (χ3n) is 5.63. The predicted molar refractivity (Wildman–Crippen MR) is 102 cm³/mol. The third-order valence-corrected chi connectivity index (χ3v) is 5.63. The topological polar surface area (TPSA) is 88.5 Å². The SMILES string of the molecule is C#CCOc1cc(C(=O)N2CCC3(CC2)C[C@](C)(O)[C@@H](O)CO3)ccc1OC. The molecule has 2 fully saturated rings. The molecule has 2 saturated heterocycles. The largest absolute Gasteiger partial charge is 0.493 e. The molecule has 28 heavy (non-hydrogen) atoms. The summed E-state index contributed by atoms with van der Waals surface area (Å²) < 4.78 is 16.6. The number of terminal acetylenes is 1. The first-order chi connectivity index (χ1) is 13.3. The third kappa shape index (κ3) is 4.09. The molecule has 0 saturated carbocycles. The van der Waals surface area contributed by atoms with Gasteiger partial charge in [-0.1, -0.05) is 5.92 Å². The van der Waals surface area contributed by atoms with Gasteiger partial charge in [-0.25, -0.2) is 0 Å². The fourth-order valence-electron chi connectivity index (χ4n) is 3.92. The molecule has 2 atom stereocenters. The zero-order valence-electron chi connectivity index (χ0n) is 16.3. The predicted octanol–water partition coefficient (Wildman–Crippen LogP) is 1.21. The number of carbonyl (C=O) groups excluding carboxylic acids is 1. The summed E-state index contributed by atoms with van der Waals surface area (Å²) in [4.78, 5) is 14.7. The Morgan fingerprint density at radius 1 is 1.39 bits per heavy atom. The lowest BCUT2D eigenvalue weighted by Gasteiger charge is -2.49. The average Bonchev–Trinajstić information content (AvgIpc) is 2.69. The summed E-state index contributed by atoms with van der Waals surface area (Å²) in [6, 6.07) is 5.03. The van der Waals surface area contributed by atoms with Crippen molar-refractivity contribution in [1.29, 1.82) is 0 Å². The van der Waals surface area contributed by atoms with Crippen molar-refractivity contribution in [3.05, 3.63) is 23.8 Å². The van der Waals surface area contributed by atoms with E-state index in [2.05, 4.69) is 5.92 Å². The molecule has 152 valence electrons. The van der Waals surface area contributed by atoms with Crippen LogP contribution >= 0.6 is 0 Å². The van der Waals surface area contributed by atoms with Crippen molar-refractivity contribution in [2.24, 2.45) is 0 Å². The number of aliphatic hydroxyl groups is 2. The Labute approximate surface area is 165 Å². The summed E-state index contributed by atoms with van der Waals surface area (Å²) in [5, 5.41) is 20.3. The number of rotatable bonds is 4. The Morgan fingerprint density at radius 3 is 2.71 bits per heavy atom. The highest BCUT2D eigenvalue weighted by Gasteiger charge is 2.49. The minimum Gasteiger partial charge on any atom is -0.493 e. The Hall–Kier alpha value is -2.27. The monoisotopic (exact) mass is 389 g/mol. The van der Waals surface area contributed by atoms with Crippen molar-refractivity contribution in [2.75, 3.05) is 33.4 Å². The number of carbonyl (C=O) groups is 1. The summed E-state index contributed by atoms with van der Waals surface area (Å²) in [5.41, 5.74) is -1.18. The van der Waals surface area contributed by atoms with Gasteiger partial charge in [-0.05, 0) is 38.0 Å². The van der Waals surface area contributed by atoms with E-state index < -0.39 is 17.3 Å². The van der Waals surface area contributed by atoms with E-state index in [4.69, 9.17) is 20.6 Å². The number of ether oxygens (including phenoxy) is 3. The maximum absolute atomic E-state index is 12.9. The molecule has 7 heteroatoms. The van der Waals surface area contributed by atoms with E-state index in [0.29, 0.717) is 49.4 Å². The van der Waals surface area contributed by atoms with Crippen LogP contribution in [-0.4, -0.2) is 71.7 Å². The molecule has 0 aromatic heterocycles. The van der Waals surface area contributed by atoms with Gasteiger partial charge >= 0.3 is 0 Å². The molecule has 2 heterocycles. The number of nitrogens with zero attached hydrogens (tertiary/aromatic N) is 1. The van der Waals surface area contributed by atoms with Crippen LogP contribution in [0.3, 0.4) is 0 Å². The van der Waals surface area contributed by atoms with Crippen molar-refractivity contribution in [1.82, 2.24) is 4.90 Å². The number of hydrogen-bond acceptors (Lipinski definition) is 6. The van der Waals surface area contributed by atoms with Crippen molar-refractivity contribution in [3.8, 4) is 23.8 Å². The second kappa shape index (κ2) is 8.00. The second-order valence-corrected chi connectivity index (χ2v) is 7.69. The van der Waals surface area contributed by atoms with Gasteiger partial charge in [-0.15, -0.1) is 6.42 Å². The molecule has 1 aromatic rings. The van der Waals surface area contributed by atoms with E-state index in [0.717, 1.165) is 0 Å². The van der Waals surface area contributed by atoms with Crippen LogP contribution in [-0.2, 0) is 4.74 Å². The summed E-state index contributed by atoms with van der Waals surface area (Å²) in [7, 11) is 1.53. The first kappa shape index (κ1) is 20.5.